The van der Waals surface area contributed by atoms with Gasteiger partial charge in [-0.05, 0) is 11.5 Å². The van der Waals surface area contributed by atoms with Crippen molar-refractivity contribution in [3.63, 3.8) is 0 Å². The minimum Gasteiger partial charge on any atom is -0.506 e. The molecule has 0 bridgehead atoms. The highest BCUT2D eigenvalue weighted by Gasteiger charge is 2.11. The van der Waals surface area contributed by atoms with Crippen molar-refractivity contribution in [1.29, 1.82) is 5.26 Å². The fourth-order valence-electron chi connectivity index (χ4n) is 1.43. The summed E-state index contributed by atoms with van der Waals surface area (Å²) < 4.78 is 0. The first-order chi connectivity index (χ1) is 8.11. The molecular weight excluding hydrogens is 238 g/mol. The van der Waals surface area contributed by atoms with Gasteiger partial charge in [-0.25, -0.2) is 4.79 Å². The summed E-state index contributed by atoms with van der Waals surface area (Å²) in [6.07, 6.45) is 0. The van der Waals surface area contributed by atoms with Crippen molar-refractivity contribution < 1.29 is 15.0 Å². The van der Waals surface area contributed by atoms with Gasteiger partial charge in [0.1, 0.15) is 16.7 Å². The molecule has 0 spiro atoms. The van der Waals surface area contributed by atoms with Gasteiger partial charge in [0, 0.05) is 5.39 Å². The maximum atomic E-state index is 10.7. The van der Waals surface area contributed by atoms with Crippen LogP contribution in [0.4, 0.5) is 0 Å². The van der Waals surface area contributed by atoms with Crippen LogP contribution >= 0.6 is 12.6 Å². The molecule has 4 nitrogen and oxygen atoms in total. The van der Waals surface area contributed by atoms with Crippen LogP contribution in [0.25, 0.3) is 10.8 Å². The summed E-state index contributed by atoms with van der Waals surface area (Å²) in [6.45, 7) is 0. The Morgan fingerprint density at radius 2 is 1.82 bits per heavy atom. The quantitative estimate of drug-likeness (QED) is 0.534. The second-order valence-electron chi connectivity index (χ2n) is 3.09. The Labute approximate surface area is 103 Å². The number of benzene rings is 2. The summed E-state index contributed by atoms with van der Waals surface area (Å²) in [6, 6.07) is 10.2. The van der Waals surface area contributed by atoms with E-state index in [2.05, 4.69) is 12.6 Å². The third kappa shape index (κ3) is 2.89. The van der Waals surface area contributed by atoms with Gasteiger partial charge >= 0.3 is 5.97 Å². The summed E-state index contributed by atoms with van der Waals surface area (Å²) in [7, 11) is 0. The van der Waals surface area contributed by atoms with Gasteiger partial charge in [-0.1, -0.05) is 43.0 Å². The van der Waals surface area contributed by atoms with E-state index in [4.69, 9.17) is 10.4 Å². The second-order valence-corrected chi connectivity index (χ2v) is 3.29. The van der Waals surface area contributed by atoms with Crippen LogP contribution < -0.4 is 0 Å². The molecule has 0 heterocycles. The normalized spacial score (nSPS) is 8.94. The molecule has 2 aromatic rings. The third-order valence-corrected chi connectivity index (χ3v) is 2.13. The molecule has 0 saturated heterocycles. The molecule has 0 unspecified atom stereocenters. The molecule has 0 aliphatic heterocycles. The molecule has 86 valence electrons. The fraction of sp³-hybridized carbons (Fsp3) is 0. The zero-order chi connectivity index (χ0) is 12.8. The van der Waals surface area contributed by atoms with Crippen LogP contribution in [-0.4, -0.2) is 16.2 Å². The lowest BCUT2D eigenvalue weighted by Gasteiger charge is -2.03. The molecule has 0 radical (unpaired) electrons. The second kappa shape index (κ2) is 5.77. The predicted octanol–water partition coefficient (Wildman–Crippen LogP) is 2.64. The number of carboxylic acids is 1. The van der Waals surface area contributed by atoms with E-state index in [9.17, 15) is 9.90 Å². The first-order valence-electron chi connectivity index (χ1n) is 4.59. The topological polar surface area (TPSA) is 81.3 Å². The van der Waals surface area contributed by atoms with Crippen molar-refractivity contribution in [3.8, 4) is 11.2 Å². The number of aromatic carboxylic acids is 1. The van der Waals surface area contributed by atoms with E-state index in [1.807, 2.05) is 12.1 Å². The fourth-order valence-corrected chi connectivity index (χ4v) is 1.43. The lowest BCUT2D eigenvalue weighted by Crippen LogP contribution is -1.96. The lowest BCUT2D eigenvalue weighted by atomic mass is 10.1. The van der Waals surface area contributed by atoms with Gasteiger partial charge in [0.05, 0.1) is 0 Å². The first-order valence-corrected chi connectivity index (χ1v) is 5.03. The number of hydrogen-bond acceptors (Lipinski definition) is 4. The SMILES string of the molecule is N#CS.O=C(O)c1ccc2ccccc2c1O. The molecule has 0 aliphatic carbocycles. The number of phenols is 1. The Morgan fingerprint density at radius 3 is 2.41 bits per heavy atom. The highest BCUT2D eigenvalue weighted by Crippen LogP contribution is 2.28. The van der Waals surface area contributed by atoms with Gasteiger partial charge in [0.25, 0.3) is 0 Å². The minimum absolute atomic E-state index is 0.0660. The summed E-state index contributed by atoms with van der Waals surface area (Å²) in [5.74, 6) is -1.29. The van der Waals surface area contributed by atoms with Crippen LogP contribution in [0.1, 0.15) is 10.4 Å². The summed E-state index contributed by atoms with van der Waals surface area (Å²) in [5.41, 5.74) is -0.0660. The van der Waals surface area contributed by atoms with E-state index in [1.54, 1.807) is 18.2 Å². The molecular formula is C12H9NO3S. The Hall–Kier alpha value is -2.19. The van der Waals surface area contributed by atoms with Crippen LogP contribution in [0.5, 0.6) is 5.75 Å². The number of thiocyanates is 1. The average molecular weight is 247 g/mol. The number of rotatable bonds is 1. The van der Waals surface area contributed by atoms with Crippen molar-refractivity contribution in [3.05, 3.63) is 42.0 Å². The van der Waals surface area contributed by atoms with E-state index < -0.39 is 5.97 Å². The molecule has 2 rings (SSSR count). The average Bonchev–Trinajstić information content (AvgIpc) is 2.30. The molecule has 0 saturated carbocycles. The Morgan fingerprint density at radius 1 is 1.24 bits per heavy atom. The summed E-state index contributed by atoms with van der Waals surface area (Å²) >= 11 is 3.09. The summed E-state index contributed by atoms with van der Waals surface area (Å²) in [5, 5.41) is 28.4. The smallest absolute Gasteiger partial charge is 0.339 e. The van der Waals surface area contributed by atoms with Gasteiger partial charge in [0.2, 0.25) is 0 Å². The van der Waals surface area contributed by atoms with Crippen molar-refractivity contribution >= 4 is 29.4 Å². The van der Waals surface area contributed by atoms with Gasteiger partial charge in [-0.2, -0.15) is 5.26 Å². The van der Waals surface area contributed by atoms with Crippen LogP contribution in [0.15, 0.2) is 36.4 Å². The molecule has 0 aliphatic rings. The van der Waals surface area contributed by atoms with Gasteiger partial charge in [0.15, 0.2) is 0 Å². The van der Waals surface area contributed by atoms with E-state index in [-0.39, 0.29) is 11.3 Å². The van der Waals surface area contributed by atoms with E-state index in [0.29, 0.717) is 5.39 Å². The maximum Gasteiger partial charge on any atom is 0.339 e. The van der Waals surface area contributed by atoms with Crippen LogP contribution in [-0.2, 0) is 0 Å². The molecule has 0 atom stereocenters. The van der Waals surface area contributed by atoms with Gasteiger partial charge < -0.3 is 10.2 Å². The minimum atomic E-state index is -1.12. The Balaban J connectivity index is 0.000000437. The molecule has 5 heteroatoms. The number of nitrogens with zero attached hydrogens (tertiary/aromatic N) is 1. The number of nitriles is 1. The Bertz CT molecular complexity index is 590. The highest BCUT2D eigenvalue weighted by atomic mass is 32.1. The van der Waals surface area contributed by atoms with Crippen molar-refractivity contribution in [2.75, 3.05) is 0 Å². The van der Waals surface area contributed by atoms with Crippen molar-refractivity contribution in [1.82, 2.24) is 0 Å². The molecule has 2 N–H and O–H groups in total. The lowest BCUT2D eigenvalue weighted by molar-refractivity contribution is 0.0694. The number of carboxylic acid groups (broad SMARTS) is 1. The zero-order valence-corrected chi connectivity index (χ0v) is 9.56. The van der Waals surface area contributed by atoms with E-state index >= 15 is 0 Å². The predicted molar refractivity (Wildman–Crippen MR) is 67.2 cm³/mol. The molecule has 0 aromatic heterocycles. The monoisotopic (exact) mass is 247 g/mol. The molecule has 0 fully saturated rings. The Kier molecular flexibility index (Phi) is 4.37. The van der Waals surface area contributed by atoms with Crippen LogP contribution in [0.2, 0.25) is 0 Å². The van der Waals surface area contributed by atoms with E-state index in [0.717, 1.165) is 5.39 Å². The molecule has 17 heavy (non-hydrogen) atoms. The number of aromatic hydroxyl groups is 1. The zero-order valence-electron chi connectivity index (χ0n) is 8.66. The van der Waals surface area contributed by atoms with E-state index in [1.165, 1.54) is 11.5 Å². The number of fused-ring (bicyclic) bond motifs is 1. The summed E-state index contributed by atoms with van der Waals surface area (Å²) in [4.78, 5) is 10.7. The van der Waals surface area contributed by atoms with Gasteiger partial charge in [-0.15, -0.1) is 0 Å². The van der Waals surface area contributed by atoms with Crippen molar-refractivity contribution in [2.24, 2.45) is 0 Å². The van der Waals surface area contributed by atoms with Crippen molar-refractivity contribution in [2.45, 2.75) is 0 Å². The van der Waals surface area contributed by atoms with Crippen LogP contribution in [0, 0.1) is 10.7 Å². The molecule has 0 amide bonds. The number of hydrogen-bond donors (Lipinski definition) is 3. The standard InChI is InChI=1S/C11H8O3.CHNS/c12-10-8-4-2-1-3-7(8)5-6-9(10)11(13)14;2-1-3/h1-6,12H,(H,13,14);3H. The highest BCUT2D eigenvalue weighted by molar-refractivity contribution is 7.85. The third-order valence-electron chi connectivity index (χ3n) is 2.13. The maximum absolute atomic E-state index is 10.7. The van der Waals surface area contributed by atoms with Gasteiger partial charge in [-0.3, -0.25) is 0 Å². The number of carbonyl (C=O) groups is 1. The van der Waals surface area contributed by atoms with Crippen LogP contribution in [0.3, 0.4) is 0 Å². The first kappa shape index (κ1) is 12.9. The largest absolute Gasteiger partial charge is 0.506 e. The molecule has 2 aromatic carbocycles. The number of thiol groups is 1.